The molecule has 0 spiro atoms. The topological polar surface area (TPSA) is 17.1 Å². The van der Waals surface area contributed by atoms with Crippen molar-refractivity contribution in [2.75, 3.05) is 0 Å². The summed E-state index contributed by atoms with van der Waals surface area (Å²) in [5.41, 5.74) is -0.0766. The first-order valence-electron chi connectivity index (χ1n) is 5.40. The van der Waals surface area contributed by atoms with Crippen molar-refractivity contribution < 1.29 is 13.6 Å². The molecular weight excluding hydrogens is 293 g/mol. The molecule has 0 saturated carbocycles. The standard InChI is InChI=1S/C14H8Cl2F2O/c15-9-5-4-8(10(16)7-9)6-13(19)14-11(17)2-1-3-12(14)18/h1-5,7H,6H2. The van der Waals surface area contributed by atoms with Crippen LogP contribution in [0.3, 0.4) is 0 Å². The van der Waals surface area contributed by atoms with Crippen molar-refractivity contribution in [3.8, 4) is 0 Å². The molecule has 0 amide bonds. The van der Waals surface area contributed by atoms with Gasteiger partial charge in [-0.1, -0.05) is 35.3 Å². The van der Waals surface area contributed by atoms with Gasteiger partial charge < -0.3 is 0 Å². The Bertz CT molecular complexity index is 621. The lowest BCUT2D eigenvalue weighted by Crippen LogP contribution is -2.09. The summed E-state index contributed by atoms with van der Waals surface area (Å²) in [6.45, 7) is 0. The van der Waals surface area contributed by atoms with Crippen molar-refractivity contribution in [1.82, 2.24) is 0 Å². The number of carbonyl (C=O) groups is 1. The van der Waals surface area contributed by atoms with E-state index in [-0.39, 0.29) is 11.4 Å². The number of hydrogen-bond acceptors (Lipinski definition) is 1. The number of halogens is 4. The van der Waals surface area contributed by atoms with Gasteiger partial charge in [-0.25, -0.2) is 8.78 Å². The van der Waals surface area contributed by atoms with Crippen LogP contribution in [0.25, 0.3) is 0 Å². The SMILES string of the molecule is O=C(Cc1ccc(Cl)cc1Cl)c1c(F)cccc1F. The van der Waals surface area contributed by atoms with Crippen LogP contribution in [0.1, 0.15) is 15.9 Å². The molecule has 19 heavy (non-hydrogen) atoms. The third-order valence-corrected chi connectivity index (χ3v) is 3.19. The molecule has 0 atom stereocenters. The van der Waals surface area contributed by atoms with Crippen LogP contribution in [0, 0.1) is 11.6 Å². The Kier molecular flexibility index (Phi) is 4.17. The van der Waals surface area contributed by atoms with Crippen LogP contribution in [0.15, 0.2) is 36.4 Å². The molecule has 98 valence electrons. The van der Waals surface area contributed by atoms with Gasteiger partial charge in [-0.3, -0.25) is 4.79 Å². The largest absolute Gasteiger partial charge is 0.294 e. The maximum atomic E-state index is 13.5. The van der Waals surface area contributed by atoms with Crippen LogP contribution in [-0.4, -0.2) is 5.78 Å². The van der Waals surface area contributed by atoms with E-state index in [0.717, 1.165) is 12.1 Å². The second-order valence-corrected chi connectivity index (χ2v) is 4.78. The van der Waals surface area contributed by atoms with Gasteiger partial charge in [0.25, 0.3) is 0 Å². The van der Waals surface area contributed by atoms with Crippen molar-refractivity contribution in [3.63, 3.8) is 0 Å². The van der Waals surface area contributed by atoms with Crippen molar-refractivity contribution in [3.05, 3.63) is 69.2 Å². The molecular formula is C14H8Cl2F2O. The van der Waals surface area contributed by atoms with E-state index in [0.29, 0.717) is 10.6 Å². The third kappa shape index (κ3) is 3.11. The van der Waals surface area contributed by atoms with E-state index < -0.39 is 23.0 Å². The molecule has 0 N–H and O–H groups in total. The lowest BCUT2D eigenvalue weighted by molar-refractivity contribution is 0.0985. The minimum atomic E-state index is -0.880. The highest BCUT2D eigenvalue weighted by molar-refractivity contribution is 6.35. The molecule has 1 nitrogen and oxygen atoms in total. The zero-order valence-corrected chi connectivity index (χ0v) is 11.1. The lowest BCUT2D eigenvalue weighted by atomic mass is 10.0. The second-order valence-electron chi connectivity index (χ2n) is 3.93. The molecule has 5 heteroatoms. The van der Waals surface area contributed by atoms with E-state index in [1.54, 1.807) is 12.1 Å². The highest BCUT2D eigenvalue weighted by Crippen LogP contribution is 2.23. The monoisotopic (exact) mass is 300 g/mol. The fourth-order valence-corrected chi connectivity index (χ4v) is 2.17. The highest BCUT2D eigenvalue weighted by Gasteiger charge is 2.18. The molecule has 0 bridgehead atoms. The molecule has 2 aromatic rings. The first-order valence-corrected chi connectivity index (χ1v) is 6.16. The quantitative estimate of drug-likeness (QED) is 0.751. The Morgan fingerprint density at radius 1 is 1.05 bits per heavy atom. The van der Waals surface area contributed by atoms with Crippen molar-refractivity contribution in [2.45, 2.75) is 6.42 Å². The highest BCUT2D eigenvalue weighted by atomic mass is 35.5. The minimum Gasteiger partial charge on any atom is -0.294 e. The van der Waals surface area contributed by atoms with Gasteiger partial charge >= 0.3 is 0 Å². The minimum absolute atomic E-state index is 0.187. The summed E-state index contributed by atoms with van der Waals surface area (Å²) in [4.78, 5) is 11.9. The Balaban J connectivity index is 2.31. The van der Waals surface area contributed by atoms with Crippen LogP contribution < -0.4 is 0 Å². The number of carbonyl (C=O) groups excluding carboxylic acids is 1. The molecule has 0 saturated heterocycles. The number of rotatable bonds is 3. The molecule has 0 aromatic heterocycles. The van der Waals surface area contributed by atoms with Gasteiger partial charge in [0.05, 0.1) is 5.56 Å². The molecule has 0 aliphatic carbocycles. The number of ketones is 1. The summed E-state index contributed by atoms with van der Waals surface area (Å²) in [5.74, 6) is -2.43. The number of Topliss-reactive ketones (excluding diaryl/α,β-unsaturated/α-hetero) is 1. The van der Waals surface area contributed by atoms with E-state index in [9.17, 15) is 13.6 Å². The Hall–Kier alpha value is -1.45. The molecule has 0 aliphatic rings. The summed E-state index contributed by atoms with van der Waals surface area (Å²) in [7, 11) is 0. The van der Waals surface area contributed by atoms with Crippen LogP contribution in [0.5, 0.6) is 0 Å². The molecule has 2 aromatic carbocycles. The average Bonchev–Trinajstić information content (AvgIpc) is 2.32. The van der Waals surface area contributed by atoms with E-state index in [1.165, 1.54) is 12.1 Å². The van der Waals surface area contributed by atoms with Crippen molar-refractivity contribution in [2.24, 2.45) is 0 Å². The lowest BCUT2D eigenvalue weighted by Gasteiger charge is -2.06. The second kappa shape index (κ2) is 5.68. The van der Waals surface area contributed by atoms with Gasteiger partial charge in [-0.05, 0) is 29.8 Å². The zero-order chi connectivity index (χ0) is 14.0. The van der Waals surface area contributed by atoms with Gasteiger partial charge in [0.15, 0.2) is 5.78 Å². The molecule has 0 unspecified atom stereocenters. The maximum Gasteiger partial charge on any atom is 0.173 e. The maximum absolute atomic E-state index is 13.5. The molecule has 0 radical (unpaired) electrons. The normalized spacial score (nSPS) is 10.5. The van der Waals surface area contributed by atoms with Gasteiger partial charge in [-0.2, -0.15) is 0 Å². The Morgan fingerprint density at radius 2 is 1.68 bits per heavy atom. The summed E-state index contributed by atoms with van der Waals surface area (Å²) in [5, 5.41) is 0.718. The fourth-order valence-electron chi connectivity index (χ4n) is 1.69. The van der Waals surface area contributed by atoms with E-state index in [4.69, 9.17) is 23.2 Å². The van der Waals surface area contributed by atoms with Crippen LogP contribution in [0.4, 0.5) is 8.78 Å². The Labute approximate surface area is 118 Å². The fraction of sp³-hybridized carbons (Fsp3) is 0.0714. The van der Waals surface area contributed by atoms with Crippen LogP contribution in [0.2, 0.25) is 10.0 Å². The van der Waals surface area contributed by atoms with Gasteiger partial charge in [-0.15, -0.1) is 0 Å². The summed E-state index contributed by atoms with van der Waals surface area (Å²) in [6, 6.07) is 7.88. The van der Waals surface area contributed by atoms with E-state index >= 15 is 0 Å². The third-order valence-electron chi connectivity index (χ3n) is 2.61. The summed E-state index contributed by atoms with van der Waals surface area (Å²) in [6.07, 6.45) is -0.187. The summed E-state index contributed by atoms with van der Waals surface area (Å²) >= 11 is 11.6. The molecule has 2 rings (SSSR count). The first-order chi connectivity index (χ1) is 8.99. The van der Waals surface area contributed by atoms with Gasteiger partial charge in [0.1, 0.15) is 11.6 Å². The first kappa shape index (κ1) is 14.0. The number of benzene rings is 2. The van der Waals surface area contributed by atoms with Crippen molar-refractivity contribution in [1.29, 1.82) is 0 Å². The van der Waals surface area contributed by atoms with Crippen LogP contribution in [-0.2, 0) is 6.42 Å². The summed E-state index contributed by atoms with van der Waals surface area (Å²) < 4.78 is 26.9. The van der Waals surface area contributed by atoms with Crippen LogP contribution >= 0.6 is 23.2 Å². The number of hydrogen-bond donors (Lipinski definition) is 0. The predicted octanol–water partition coefficient (Wildman–Crippen LogP) is 4.70. The zero-order valence-electron chi connectivity index (χ0n) is 9.59. The molecule has 0 fully saturated rings. The van der Waals surface area contributed by atoms with E-state index in [2.05, 4.69) is 0 Å². The smallest absolute Gasteiger partial charge is 0.173 e. The predicted molar refractivity (Wildman–Crippen MR) is 70.9 cm³/mol. The molecule has 0 aliphatic heterocycles. The molecule has 0 heterocycles. The van der Waals surface area contributed by atoms with Gasteiger partial charge in [0, 0.05) is 16.5 Å². The van der Waals surface area contributed by atoms with E-state index in [1.807, 2.05) is 0 Å². The van der Waals surface area contributed by atoms with Gasteiger partial charge in [0.2, 0.25) is 0 Å². The van der Waals surface area contributed by atoms with Crippen molar-refractivity contribution >= 4 is 29.0 Å². The average molecular weight is 301 g/mol. The Morgan fingerprint density at radius 3 is 2.26 bits per heavy atom.